The second-order valence-corrected chi connectivity index (χ2v) is 5.11. The van der Waals surface area contributed by atoms with Crippen molar-refractivity contribution in [2.24, 2.45) is 0 Å². The van der Waals surface area contributed by atoms with Gasteiger partial charge in [-0.1, -0.05) is 0 Å². The highest BCUT2D eigenvalue weighted by atomic mass is 28.4. The van der Waals surface area contributed by atoms with Crippen molar-refractivity contribution in [2.75, 3.05) is 41.7 Å². The highest BCUT2D eigenvalue weighted by Gasteiger charge is 2.35. The van der Waals surface area contributed by atoms with Crippen LogP contribution >= 0.6 is 0 Å². The summed E-state index contributed by atoms with van der Waals surface area (Å²) in [6, 6.07) is 0. The minimum Gasteiger partial charge on any atom is -0.360 e. The Morgan fingerprint density at radius 2 is 1.00 bits per heavy atom. The van der Waals surface area contributed by atoms with E-state index in [0.717, 1.165) is 0 Å². The van der Waals surface area contributed by atoms with Gasteiger partial charge in [-0.3, -0.25) is 0 Å². The van der Waals surface area contributed by atoms with E-state index in [1.54, 1.807) is 6.55 Å². The smallest absolute Gasteiger partial charge is 0.360 e. The first kappa shape index (κ1) is 14.0. The normalized spacial score (nSPS) is 12.0. The molecule has 0 atom stereocenters. The zero-order valence-electron chi connectivity index (χ0n) is 9.07. The molecule has 0 unspecified atom stereocenters. The fraction of sp³-hybridized carbons (Fsp3) is 1.00. The van der Waals surface area contributed by atoms with Crippen LogP contribution in [0.5, 0.6) is 0 Å². The van der Waals surface area contributed by atoms with Crippen LogP contribution in [-0.2, 0) is 27.5 Å². The Hall–Kier alpha value is -0.0231. The van der Waals surface area contributed by atoms with Crippen LogP contribution in [0.15, 0.2) is 0 Å². The van der Waals surface area contributed by atoms with Gasteiger partial charge in [0.1, 0.15) is 20.4 Å². The molecular formula is C7H18O6Si. The number of methoxy groups -OCH3 is 3. The topological polar surface area (TPSA) is 55.4 Å². The molecule has 7 heteroatoms. The van der Waals surface area contributed by atoms with Gasteiger partial charge in [-0.2, -0.15) is 0 Å². The second-order valence-electron chi connectivity index (χ2n) is 2.51. The maximum Gasteiger partial charge on any atom is 0.502 e. The van der Waals surface area contributed by atoms with Crippen LogP contribution in [0.1, 0.15) is 0 Å². The van der Waals surface area contributed by atoms with Crippen molar-refractivity contribution >= 4 is 8.80 Å². The largest absolute Gasteiger partial charge is 0.502 e. The molecule has 0 bridgehead atoms. The van der Waals surface area contributed by atoms with Crippen LogP contribution in [-0.4, -0.2) is 50.5 Å². The predicted octanol–water partition coefficient (Wildman–Crippen LogP) is 0.417. The van der Waals surface area contributed by atoms with Gasteiger partial charge in [0.2, 0.25) is 0 Å². The van der Waals surface area contributed by atoms with Crippen LogP contribution in [0.4, 0.5) is 0 Å². The maximum atomic E-state index is 5.30. The van der Waals surface area contributed by atoms with Crippen LogP contribution in [0.3, 0.4) is 0 Å². The van der Waals surface area contributed by atoms with Crippen molar-refractivity contribution in [1.29, 1.82) is 0 Å². The Morgan fingerprint density at radius 3 is 1.21 bits per heavy atom. The molecular weight excluding hydrogens is 208 g/mol. The van der Waals surface area contributed by atoms with Crippen molar-refractivity contribution in [3.05, 3.63) is 0 Å². The van der Waals surface area contributed by atoms with Gasteiger partial charge in [-0.05, 0) is 0 Å². The lowest BCUT2D eigenvalue weighted by molar-refractivity contribution is -0.0819. The van der Waals surface area contributed by atoms with Crippen LogP contribution in [0, 0.1) is 0 Å². The quantitative estimate of drug-likeness (QED) is 0.419. The van der Waals surface area contributed by atoms with E-state index < -0.39 is 8.80 Å². The van der Waals surface area contributed by atoms with E-state index >= 15 is 0 Å². The summed E-state index contributed by atoms with van der Waals surface area (Å²) in [4.78, 5) is 0. The first-order valence-electron chi connectivity index (χ1n) is 4.07. The zero-order valence-corrected chi connectivity index (χ0v) is 10.1. The molecule has 0 saturated heterocycles. The molecule has 0 heterocycles. The van der Waals surface area contributed by atoms with Gasteiger partial charge in [0, 0.05) is 27.9 Å². The molecule has 0 aromatic rings. The molecule has 0 aliphatic rings. The molecule has 0 spiro atoms. The molecule has 0 aromatic carbocycles. The number of hydrogen-bond acceptors (Lipinski definition) is 6. The van der Waals surface area contributed by atoms with Crippen molar-refractivity contribution in [3.8, 4) is 0 Å². The van der Waals surface area contributed by atoms with Gasteiger partial charge < -0.3 is 27.5 Å². The van der Waals surface area contributed by atoms with Gasteiger partial charge >= 0.3 is 8.80 Å². The van der Waals surface area contributed by atoms with Crippen LogP contribution < -0.4 is 0 Å². The third-order valence-corrected chi connectivity index (χ3v) is 3.24. The summed E-state index contributed by atoms with van der Waals surface area (Å²) < 4.78 is 30.2. The standard InChI is InChI=1S/C7H18O6Si/c1-8-5-11-14(4,12-6-9-2)13-7-10-3/h5-7H2,1-4H3. The molecule has 0 rings (SSSR count). The van der Waals surface area contributed by atoms with Gasteiger partial charge in [0.25, 0.3) is 0 Å². The monoisotopic (exact) mass is 226 g/mol. The first-order chi connectivity index (χ1) is 6.68. The van der Waals surface area contributed by atoms with E-state index in [0.29, 0.717) is 0 Å². The van der Waals surface area contributed by atoms with Gasteiger partial charge in [-0.15, -0.1) is 0 Å². The highest BCUT2D eigenvalue weighted by molar-refractivity contribution is 6.59. The first-order valence-corrected chi connectivity index (χ1v) is 6.29. The number of rotatable bonds is 9. The minimum absolute atomic E-state index is 0.121. The lowest BCUT2D eigenvalue weighted by Gasteiger charge is -2.24. The molecule has 0 aliphatic carbocycles. The maximum absolute atomic E-state index is 5.30. The molecule has 6 nitrogen and oxygen atoms in total. The molecule has 14 heavy (non-hydrogen) atoms. The highest BCUT2D eigenvalue weighted by Crippen LogP contribution is 2.09. The molecule has 0 N–H and O–H groups in total. The van der Waals surface area contributed by atoms with Gasteiger partial charge in [-0.25, -0.2) is 0 Å². The third-order valence-electron chi connectivity index (χ3n) is 1.32. The van der Waals surface area contributed by atoms with E-state index in [9.17, 15) is 0 Å². The average Bonchev–Trinajstić information content (AvgIpc) is 2.21. The minimum atomic E-state index is -2.69. The Morgan fingerprint density at radius 1 is 0.714 bits per heavy atom. The zero-order chi connectivity index (χ0) is 10.9. The number of ether oxygens (including phenoxy) is 3. The summed E-state index contributed by atoms with van der Waals surface area (Å²) in [7, 11) is 1.90. The fourth-order valence-corrected chi connectivity index (χ4v) is 1.87. The SMILES string of the molecule is COCO[Si](C)(OCOC)OCOC. The lowest BCUT2D eigenvalue weighted by atomic mass is 11.4. The third kappa shape index (κ3) is 6.43. The van der Waals surface area contributed by atoms with Crippen LogP contribution in [0.2, 0.25) is 6.55 Å². The van der Waals surface area contributed by atoms with E-state index in [1.165, 1.54) is 21.3 Å². The van der Waals surface area contributed by atoms with Crippen molar-refractivity contribution < 1.29 is 27.5 Å². The summed E-state index contributed by atoms with van der Waals surface area (Å²) in [5.74, 6) is 0. The molecule has 0 amide bonds. The molecule has 0 aromatic heterocycles. The van der Waals surface area contributed by atoms with Crippen molar-refractivity contribution in [3.63, 3.8) is 0 Å². The Kier molecular flexibility index (Phi) is 8.29. The van der Waals surface area contributed by atoms with Crippen LogP contribution in [0.25, 0.3) is 0 Å². The lowest BCUT2D eigenvalue weighted by Crippen LogP contribution is -2.44. The Bertz CT molecular complexity index is 112. The van der Waals surface area contributed by atoms with Gasteiger partial charge in [0.05, 0.1) is 0 Å². The molecule has 0 saturated carbocycles. The van der Waals surface area contributed by atoms with Crippen molar-refractivity contribution in [2.45, 2.75) is 6.55 Å². The number of hydrogen-bond donors (Lipinski definition) is 0. The summed E-state index contributed by atoms with van der Waals surface area (Å²) in [5, 5.41) is 0. The molecule has 86 valence electrons. The summed E-state index contributed by atoms with van der Waals surface area (Å²) in [5.41, 5.74) is 0. The Balaban J connectivity index is 3.89. The molecule has 0 aliphatic heterocycles. The summed E-state index contributed by atoms with van der Waals surface area (Å²) >= 11 is 0. The second kappa shape index (κ2) is 8.30. The molecule has 0 fully saturated rings. The summed E-state index contributed by atoms with van der Waals surface area (Å²) in [6.45, 7) is 2.10. The van der Waals surface area contributed by atoms with E-state index in [2.05, 4.69) is 0 Å². The fourth-order valence-electron chi connectivity index (χ4n) is 0.623. The molecule has 0 radical (unpaired) electrons. The summed E-state index contributed by atoms with van der Waals surface area (Å²) in [6.07, 6.45) is 0. The van der Waals surface area contributed by atoms with Gasteiger partial charge in [0.15, 0.2) is 0 Å². The predicted molar refractivity (Wildman–Crippen MR) is 50.5 cm³/mol. The van der Waals surface area contributed by atoms with E-state index in [4.69, 9.17) is 27.5 Å². The van der Waals surface area contributed by atoms with E-state index in [-0.39, 0.29) is 20.4 Å². The average molecular weight is 226 g/mol. The van der Waals surface area contributed by atoms with E-state index in [1.807, 2.05) is 0 Å². The van der Waals surface area contributed by atoms with Crippen molar-refractivity contribution in [1.82, 2.24) is 0 Å². The Labute approximate surface area is 85.4 Å².